The van der Waals surface area contributed by atoms with Crippen LogP contribution >= 0.6 is 0 Å². The largest absolute Gasteiger partial charge is 0.396 e. The quantitative estimate of drug-likeness (QED) is 0.698. The predicted octanol–water partition coefficient (Wildman–Crippen LogP) is 1.28. The van der Waals surface area contributed by atoms with E-state index in [1.165, 1.54) is 25.8 Å². The average molecular weight is 257 g/mol. The van der Waals surface area contributed by atoms with Crippen molar-refractivity contribution in [2.24, 2.45) is 5.92 Å². The molecule has 0 aromatic heterocycles. The maximum Gasteiger partial charge on any atom is 0.0809 e. The van der Waals surface area contributed by atoms with Crippen LogP contribution in [0.4, 0.5) is 0 Å². The Kier molecular flexibility index (Phi) is 6.41. The molecule has 4 nitrogen and oxygen atoms in total. The molecule has 18 heavy (non-hydrogen) atoms. The number of nitrogens with zero attached hydrogens (tertiary/aromatic N) is 1. The molecule has 106 valence electrons. The van der Waals surface area contributed by atoms with Gasteiger partial charge in [-0.05, 0) is 44.6 Å². The van der Waals surface area contributed by atoms with Crippen molar-refractivity contribution in [1.82, 2.24) is 4.90 Å². The maximum atomic E-state index is 8.98. The highest BCUT2D eigenvalue weighted by Gasteiger charge is 2.19. The lowest BCUT2D eigenvalue weighted by Gasteiger charge is -2.32. The monoisotopic (exact) mass is 257 g/mol. The van der Waals surface area contributed by atoms with E-state index in [-0.39, 0.29) is 0 Å². The molecule has 0 aliphatic carbocycles. The summed E-state index contributed by atoms with van der Waals surface area (Å²) in [6.45, 7) is 6.14. The first kappa shape index (κ1) is 14.3. The van der Waals surface area contributed by atoms with Crippen LogP contribution in [-0.2, 0) is 9.47 Å². The summed E-state index contributed by atoms with van der Waals surface area (Å²) in [5.41, 5.74) is 0. The van der Waals surface area contributed by atoms with Crippen LogP contribution in [0.2, 0.25) is 0 Å². The fourth-order valence-electron chi connectivity index (χ4n) is 2.96. The Morgan fingerprint density at radius 1 is 1.28 bits per heavy atom. The zero-order valence-corrected chi connectivity index (χ0v) is 11.4. The van der Waals surface area contributed by atoms with Crippen molar-refractivity contribution in [3.05, 3.63) is 0 Å². The lowest BCUT2D eigenvalue weighted by Crippen LogP contribution is -2.38. The molecule has 4 heteroatoms. The number of rotatable bonds is 7. The molecule has 2 aliphatic rings. The Hall–Kier alpha value is -0.160. The molecule has 2 rings (SSSR count). The van der Waals surface area contributed by atoms with E-state index in [4.69, 9.17) is 14.6 Å². The second-order valence-electron chi connectivity index (χ2n) is 5.53. The van der Waals surface area contributed by atoms with Gasteiger partial charge in [-0.25, -0.2) is 0 Å². The van der Waals surface area contributed by atoms with E-state index in [0.29, 0.717) is 18.6 Å². The van der Waals surface area contributed by atoms with Crippen LogP contribution in [0.15, 0.2) is 0 Å². The van der Waals surface area contributed by atoms with Gasteiger partial charge in [0.25, 0.3) is 0 Å². The van der Waals surface area contributed by atoms with Crippen molar-refractivity contribution in [3.63, 3.8) is 0 Å². The highest BCUT2D eigenvalue weighted by atomic mass is 16.5. The van der Waals surface area contributed by atoms with Gasteiger partial charge in [0.2, 0.25) is 0 Å². The number of ether oxygens (including phenoxy) is 2. The first-order valence-corrected chi connectivity index (χ1v) is 7.41. The molecule has 2 saturated heterocycles. The summed E-state index contributed by atoms with van der Waals surface area (Å²) in [5, 5.41) is 8.98. The Morgan fingerprint density at radius 2 is 2.22 bits per heavy atom. The van der Waals surface area contributed by atoms with Crippen LogP contribution in [0.5, 0.6) is 0 Å². The molecule has 0 spiro atoms. The lowest BCUT2D eigenvalue weighted by molar-refractivity contribution is 0.00671. The molecular formula is C14H27NO3. The molecule has 2 heterocycles. The molecule has 0 aromatic rings. The Labute approximate surface area is 110 Å². The van der Waals surface area contributed by atoms with Crippen LogP contribution in [-0.4, -0.2) is 62.2 Å². The van der Waals surface area contributed by atoms with E-state index in [0.717, 1.165) is 45.8 Å². The molecule has 2 aliphatic heterocycles. The van der Waals surface area contributed by atoms with E-state index in [9.17, 15) is 0 Å². The van der Waals surface area contributed by atoms with E-state index >= 15 is 0 Å². The zero-order valence-electron chi connectivity index (χ0n) is 11.4. The van der Waals surface area contributed by atoms with Crippen LogP contribution in [0.1, 0.15) is 32.1 Å². The molecule has 2 fully saturated rings. The van der Waals surface area contributed by atoms with E-state index in [2.05, 4.69) is 4.90 Å². The number of piperidine rings is 1. The van der Waals surface area contributed by atoms with Gasteiger partial charge in [0.05, 0.1) is 19.3 Å². The van der Waals surface area contributed by atoms with Crippen molar-refractivity contribution in [3.8, 4) is 0 Å². The third-order valence-electron chi connectivity index (χ3n) is 4.02. The minimum Gasteiger partial charge on any atom is -0.396 e. The summed E-state index contributed by atoms with van der Waals surface area (Å²) in [6.07, 6.45) is 6.16. The van der Waals surface area contributed by atoms with Crippen LogP contribution in [0.3, 0.4) is 0 Å². The second-order valence-corrected chi connectivity index (χ2v) is 5.53. The first-order valence-electron chi connectivity index (χ1n) is 7.41. The first-order chi connectivity index (χ1) is 8.88. The molecule has 0 radical (unpaired) electrons. The highest BCUT2D eigenvalue weighted by molar-refractivity contribution is 4.72. The Balaban J connectivity index is 1.52. The van der Waals surface area contributed by atoms with Gasteiger partial charge in [0.15, 0.2) is 0 Å². The molecule has 0 aromatic carbocycles. The summed E-state index contributed by atoms with van der Waals surface area (Å²) >= 11 is 0. The molecule has 0 amide bonds. The average Bonchev–Trinajstić information content (AvgIpc) is 2.89. The number of hydrogen-bond acceptors (Lipinski definition) is 4. The minimum absolute atomic E-state index is 0.327. The van der Waals surface area contributed by atoms with Gasteiger partial charge in [-0.1, -0.05) is 0 Å². The number of aliphatic hydroxyl groups excluding tert-OH is 1. The van der Waals surface area contributed by atoms with Crippen molar-refractivity contribution >= 4 is 0 Å². The van der Waals surface area contributed by atoms with Crippen molar-refractivity contribution in [1.29, 1.82) is 0 Å². The number of hydrogen-bond donors (Lipinski definition) is 1. The van der Waals surface area contributed by atoms with Gasteiger partial charge in [-0.15, -0.1) is 0 Å². The van der Waals surface area contributed by atoms with Gasteiger partial charge in [-0.3, -0.25) is 0 Å². The van der Waals surface area contributed by atoms with Gasteiger partial charge in [-0.2, -0.15) is 0 Å². The van der Waals surface area contributed by atoms with Crippen molar-refractivity contribution in [2.75, 3.05) is 46.1 Å². The third-order valence-corrected chi connectivity index (χ3v) is 4.02. The Morgan fingerprint density at radius 3 is 3.00 bits per heavy atom. The normalized spacial score (nSPS) is 29.8. The van der Waals surface area contributed by atoms with E-state index < -0.39 is 0 Å². The fourth-order valence-corrected chi connectivity index (χ4v) is 2.96. The third kappa shape index (κ3) is 4.84. The maximum absolute atomic E-state index is 8.98. The summed E-state index contributed by atoms with van der Waals surface area (Å²) in [6, 6.07) is 0. The number of aliphatic hydroxyl groups is 1. The SMILES string of the molecule is OCC[C@@H]1CCCN(CCOC[C@H]2CCCO2)C1. The Bertz CT molecular complexity index is 217. The molecule has 0 saturated carbocycles. The van der Waals surface area contributed by atoms with E-state index in [1.54, 1.807) is 0 Å². The lowest BCUT2D eigenvalue weighted by atomic mass is 9.95. The molecule has 2 atom stereocenters. The molecular weight excluding hydrogens is 230 g/mol. The summed E-state index contributed by atoms with van der Waals surface area (Å²) in [7, 11) is 0. The van der Waals surface area contributed by atoms with Gasteiger partial charge >= 0.3 is 0 Å². The van der Waals surface area contributed by atoms with Gasteiger partial charge in [0, 0.05) is 26.3 Å². The summed E-state index contributed by atoms with van der Waals surface area (Å²) < 4.78 is 11.2. The van der Waals surface area contributed by atoms with Crippen LogP contribution < -0.4 is 0 Å². The standard InChI is InChI=1S/C14H27NO3/c16-8-5-13-3-1-6-15(11-13)7-10-17-12-14-4-2-9-18-14/h13-14,16H,1-12H2/t13-,14+/m0/s1. The fraction of sp³-hybridized carbons (Fsp3) is 1.00. The smallest absolute Gasteiger partial charge is 0.0809 e. The van der Waals surface area contributed by atoms with Crippen molar-refractivity contribution in [2.45, 2.75) is 38.2 Å². The van der Waals surface area contributed by atoms with Crippen LogP contribution in [0.25, 0.3) is 0 Å². The minimum atomic E-state index is 0.327. The molecule has 0 bridgehead atoms. The summed E-state index contributed by atoms with van der Waals surface area (Å²) in [4.78, 5) is 2.47. The highest BCUT2D eigenvalue weighted by Crippen LogP contribution is 2.19. The van der Waals surface area contributed by atoms with Gasteiger partial charge in [0.1, 0.15) is 0 Å². The number of likely N-dealkylation sites (tertiary alicyclic amines) is 1. The molecule has 1 N–H and O–H groups in total. The zero-order chi connectivity index (χ0) is 12.6. The topological polar surface area (TPSA) is 41.9 Å². The summed E-state index contributed by atoms with van der Waals surface area (Å²) in [5.74, 6) is 0.682. The molecule has 0 unspecified atom stereocenters. The van der Waals surface area contributed by atoms with Gasteiger partial charge < -0.3 is 19.5 Å². The predicted molar refractivity (Wildman–Crippen MR) is 70.7 cm³/mol. The second kappa shape index (κ2) is 8.10. The van der Waals surface area contributed by atoms with Crippen LogP contribution in [0, 0.1) is 5.92 Å². The van der Waals surface area contributed by atoms with Crippen molar-refractivity contribution < 1.29 is 14.6 Å². The van der Waals surface area contributed by atoms with E-state index in [1.807, 2.05) is 0 Å².